The Kier molecular flexibility index (Phi) is 4.10. The average Bonchev–Trinajstić information content (AvgIpc) is 2.14. The Bertz CT molecular complexity index is 325. The topological polar surface area (TPSA) is 83.5 Å². The fourth-order valence-corrected chi connectivity index (χ4v) is 2.55. The Morgan fingerprint density at radius 2 is 2.00 bits per heavy atom. The lowest BCUT2D eigenvalue weighted by Gasteiger charge is -2.28. The number of hydrogen-bond acceptors (Lipinski definition) is 3. The van der Waals surface area contributed by atoms with E-state index in [9.17, 15) is 13.2 Å². The van der Waals surface area contributed by atoms with Gasteiger partial charge in [-0.1, -0.05) is 12.8 Å². The highest BCUT2D eigenvalue weighted by Gasteiger charge is 2.30. The van der Waals surface area contributed by atoms with E-state index in [1.165, 1.54) is 0 Å². The lowest BCUT2D eigenvalue weighted by atomic mass is 9.79. The molecule has 2 atom stereocenters. The van der Waals surface area contributed by atoms with Crippen LogP contribution in [0.1, 0.15) is 25.7 Å². The van der Waals surface area contributed by atoms with Crippen LogP contribution < -0.4 is 4.72 Å². The van der Waals surface area contributed by atoms with Gasteiger partial charge in [-0.2, -0.15) is 0 Å². The molecule has 0 spiro atoms. The average molecular weight is 235 g/mol. The third-order valence-electron chi connectivity index (χ3n) is 2.83. The molecule has 1 rings (SSSR count). The second-order valence-corrected chi connectivity index (χ2v) is 5.94. The molecule has 0 saturated heterocycles. The molecule has 0 amide bonds. The second-order valence-electron chi connectivity index (χ2n) is 4.11. The fourth-order valence-electron chi connectivity index (χ4n) is 2.04. The Hall–Kier alpha value is -0.620. The second kappa shape index (κ2) is 4.94. The van der Waals surface area contributed by atoms with Crippen molar-refractivity contribution in [3.8, 4) is 0 Å². The van der Waals surface area contributed by atoms with Gasteiger partial charge in [-0.05, 0) is 18.8 Å². The molecule has 0 aromatic rings. The first-order chi connectivity index (χ1) is 6.90. The molecule has 5 nitrogen and oxygen atoms in total. The van der Waals surface area contributed by atoms with E-state index in [1.807, 2.05) is 0 Å². The number of sulfonamides is 1. The van der Waals surface area contributed by atoms with Crippen molar-refractivity contribution in [2.24, 2.45) is 11.8 Å². The van der Waals surface area contributed by atoms with Gasteiger partial charge in [0.05, 0.1) is 12.2 Å². The summed E-state index contributed by atoms with van der Waals surface area (Å²) in [7, 11) is -3.22. The van der Waals surface area contributed by atoms with E-state index in [2.05, 4.69) is 4.72 Å². The normalized spacial score (nSPS) is 27.5. The third-order valence-corrected chi connectivity index (χ3v) is 3.53. The van der Waals surface area contributed by atoms with E-state index < -0.39 is 21.9 Å². The minimum Gasteiger partial charge on any atom is -0.481 e. The summed E-state index contributed by atoms with van der Waals surface area (Å²) in [5.41, 5.74) is 0. The van der Waals surface area contributed by atoms with Crippen LogP contribution in [0.5, 0.6) is 0 Å². The van der Waals surface area contributed by atoms with Crippen LogP contribution in [0.2, 0.25) is 0 Å². The van der Waals surface area contributed by atoms with Crippen LogP contribution in [0.4, 0.5) is 0 Å². The molecule has 88 valence electrons. The molecule has 0 heterocycles. The lowest BCUT2D eigenvalue weighted by Crippen LogP contribution is -2.36. The summed E-state index contributed by atoms with van der Waals surface area (Å²) < 4.78 is 24.2. The zero-order valence-corrected chi connectivity index (χ0v) is 9.59. The number of hydrogen-bond donors (Lipinski definition) is 2. The van der Waals surface area contributed by atoms with Gasteiger partial charge in [-0.3, -0.25) is 4.79 Å². The maximum atomic E-state index is 10.9. The molecule has 6 heteroatoms. The molecule has 1 aliphatic carbocycles. The zero-order chi connectivity index (χ0) is 11.5. The molecule has 1 aliphatic rings. The molecule has 0 aliphatic heterocycles. The van der Waals surface area contributed by atoms with E-state index in [0.717, 1.165) is 25.5 Å². The van der Waals surface area contributed by atoms with Crippen LogP contribution in [0, 0.1) is 11.8 Å². The van der Waals surface area contributed by atoms with Crippen molar-refractivity contribution in [1.29, 1.82) is 0 Å². The first kappa shape index (κ1) is 12.4. The van der Waals surface area contributed by atoms with Crippen LogP contribution in [-0.2, 0) is 14.8 Å². The van der Waals surface area contributed by atoms with Crippen molar-refractivity contribution in [1.82, 2.24) is 4.72 Å². The summed E-state index contributed by atoms with van der Waals surface area (Å²) in [5, 5.41) is 8.96. The molecule has 0 radical (unpaired) electrons. The first-order valence-electron chi connectivity index (χ1n) is 5.07. The number of carboxylic acids is 1. The van der Waals surface area contributed by atoms with E-state index in [-0.39, 0.29) is 12.5 Å². The highest BCUT2D eigenvalue weighted by atomic mass is 32.2. The molecule has 0 aromatic heterocycles. The van der Waals surface area contributed by atoms with Crippen LogP contribution in [0.15, 0.2) is 0 Å². The van der Waals surface area contributed by atoms with Crippen LogP contribution in [0.3, 0.4) is 0 Å². The van der Waals surface area contributed by atoms with Gasteiger partial charge < -0.3 is 5.11 Å². The van der Waals surface area contributed by atoms with Crippen LogP contribution in [-0.4, -0.2) is 32.3 Å². The molecule has 1 fully saturated rings. The number of aliphatic carboxylic acids is 1. The molecule has 2 unspecified atom stereocenters. The predicted octanol–water partition coefficient (Wildman–Crippen LogP) is 0.427. The van der Waals surface area contributed by atoms with Gasteiger partial charge in [0.2, 0.25) is 10.0 Å². The van der Waals surface area contributed by atoms with Crippen molar-refractivity contribution in [3.05, 3.63) is 0 Å². The zero-order valence-electron chi connectivity index (χ0n) is 8.77. The lowest BCUT2D eigenvalue weighted by molar-refractivity contribution is -0.144. The quantitative estimate of drug-likeness (QED) is 0.740. The summed E-state index contributed by atoms with van der Waals surface area (Å²) in [6.45, 7) is 0.246. The highest BCUT2D eigenvalue weighted by molar-refractivity contribution is 7.88. The smallest absolute Gasteiger partial charge is 0.306 e. The minimum atomic E-state index is -3.22. The van der Waals surface area contributed by atoms with E-state index in [1.54, 1.807) is 0 Å². The predicted molar refractivity (Wildman–Crippen MR) is 55.9 cm³/mol. The van der Waals surface area contributed by atoms with Gasteiger partial charge in [0.15, 0.2) is 0 Å². The summed E-state index contributed by atoms with van der Waals surface area (Å²) >= 11 is 0. The number of carboxylic acid groups (broad SMARTS) is 1. The van der Waals surface area contributed by atoms with E-state index in [0.29, 0.717) is 6.42 Å². The number of rotatable bonds is 4. The maximum Gasteiger partial charge on any atom is 0.306 e. The van der Waals surface area contributed by atoms with Crippen molar-refractivity contribution >= 4 is 16.0 Å². The molecular formula is C9H17NO4S. The Labute approximate surface area is 89.9 Å². The van der Waals surface area contributed by atoms with E-state index in [4.69, 9.17) is 5.11 Å². The van der Waals surface area contributed by atoms with Crippen LogP contribution in [0.25, 0.3) is 0 Å². The van der Waals surface area contributed by atoms with Gasteiger partial charge >= 0.3 is 5.97 Å². The SMILES string of the molecule is CS(=O)(=O)NCC1CCCCC1C(=O)O. The third kappa shape index (κ3) is 4.17. The van der Waals surface area contributed by atoms with Gasteiger partial charge in [0.25, 0.3) is 0 Å². The fraction of sp³-hybridized carbons (Fsp3) is 0.889. The highest BCUT2D eigenvalue weighted by Crippen LogP contribution is 2.29. The number of carbonyl (C=O) groups is 1. The van der Waals surface area contributed by atoms with Crippen molar-refractivity contribution in [2.75, 3.05) is 12.8 Å². The minimum absolute atomic E-state index is 0.0639. The van der Waals surface area contributed by atoms with Crippen molar-refractivity contribution in [2.45, 2.75) is 25.7 Å². The number of nitrogens with one attached hydrogen (secondary N) is 1. The summed E-state index contributed by atoms with van der Waals surface area (Å²) in [6, 6.07) is 0. The van der Waals surface area contributed by atoms with E-state index >= 15 is 0 Å². The molecule has 15 heavy (non-hydrogen) atoms. The monoisotopic (exact) mass is 235 g/mol. The van der Waals surface area contributed by atoms with Gasteiger partial charge in [0, 0.05) is 6.54 Å². The Morgan fingerprint density at radius 3 is 2.53 bits per heavy atom. The Morgan fingerprint density at radius 1 is 1.40 bits per heavy atom. The van der Waals surface area contributed by atoms with Gasteiger partial charge in [-0.15, -0.1) is 0 Å². The van der Waals surface area contributed by atoms with Crippen LogP contribution >= 0.6 is 0 Å². The molecular weight excluding hydrogens is 218 g/mol. The van der Waals surface area contributed by atoms with Crippen molar-refractivity contribution < 1.29 is 18.3 Å². The largest absolute Gasteiger partial charge is 0.481 e. The van der Waals surface area contributed by atoms with Crippen molar-refractivity contribution in [3.63, 3.8) is 0 Å². The molecule has 0 aromatic carbocycles. The molecule has 1 saturated carbocycles. The van der Waals surface area contributed by atoms with Gasteiger partial charge in [-0.25, -0.2) is 13.1 Å². The molecule has 2 N–H and O–H groups in total. The van der Waals surface area contributed by atoms with Gasteiger partial charge in [0.1, 0.15) is 0 Å². The molecule has 0 bridgehead atoms. The standard InChI is InChI=1S/C9H17NO4S/c1-15(13,14)10-6-7-4-2-3-5-8(7)9(11)12/h7-8,10H,2-6H2,1H3,(H,11,12). The summed E-state index contributed by atoms with van der Waals surface area (Å²) in [4.78, 5) is 10.9. The summed E-state index contributed by atoms with van der Waals surface area (Å²) in [6.07, 6.45) is 4.45. The first-order valence-corrected chi connectivity index (χ1v) is 6.97. The maximum absolute atomic E-state index is 10.9. The summed E-state index contributed by atoms with van der Waals surface area (Å²) in [5.74, 6) is -1.27. The Balaban J connectivity index is 2.54.